The van der Waals surface area contributed by atoms with E-state index in [2.05, 4.69) is 27.4 Å². The third-order valence-corrected chi connectivity index (χ3v) is 3.39. The number of pyridine rings is 1. The largest absolute Gasteiger partial charge is 0.351 e. The first-order valence-electron chi connectivity index (χ1n) is 5.78. The van der Waals surface area contributed by atoms with Crippen LogP contribution in [0, 0.1) is 0 Å². The molecule has 0 unspecified atom stereocenters. The van der Waals surface area contributed by atoms with Crippen molar-refractivity contribution in [1.29, 1.82) is 0 Å². The van der Waals surface area contributed by atoms with E-state index in [0.29, 0.717) is 6.54 Å². The van der Waals surface area contributed by atoms with Gasteiger partial charge in [-0.25, -0.2) is 4.98 Å². The number of nitrogens with zero attached hydrogens (tertiary/aromatic N) is 2. The van der Waals surface area contributed by atoms with E-state index in [0.717, 1.165) is 25.3 Å². The Morgan fingerprint density at radius 3 is 2.82 bits per heavy atom. The third kappa shape index (κ3) is 3.54. The summed E-state index contributed by atoms with van der Waals surface area (Å²) in [5.41, 5.74) is 5.58. The fourth-order valence-corrected chi connectivity index (χ4v) is 2.41. The molecule has 0 saturated heterocycles. The number of aromatic nitrogens is 1. The summed E-state index contributed by atoms with van der Waals surface area (Å²) in [6, 6.07) is 10.2. The molecule has 2 N–H and O–H groups in total. The van der Waals surface area contributed by atoms with Crippen molar-refractivity contribution in [2.24, 2.45) is 5.73 Å². The van der Waals surface area contributed by atoms with Crippen LogP contribution in [0.2, 0.25) is 0 Å². The van der Waals surface area contributed by atoms with Crippen LogP contribution in [0.25, 0.3) is 0 Å². The molecule has 0 radical (unpaired) electrons. The second-order valence-electron chi connectivity index (χ2n) is 3.83. The minimum absolute atomic E-state index is 0.716. The number of thiophene rings is 1. The molecule has 0 amide bonds. The van der Waals surface area contributed by atoms with Gasteiger partial charge in [-0.05, 0) is 36.5 Å². The highest BCUT2D eigenvalue weighted by atomic mass is 32.1. The van der Waals surface area contributed by atoms with E-state index in [1.807, 2.05) is 24.4 Å². The molecule has 0 bridgehead atoms. The minimum atomic E-state index is 0.716. The van der Waals surface area contributed by atoms with Crippen LogP contribution in [-0.2, 0) is 6.54 Å². The first kappa shape index (κ1) is 12.1. The topological polar surface area (TPSA) is 42.1 Å². The summed E-state index contributed by atoms with van der Waals surface area (Å²) in [5, 5.41) is 2.11. The van der Waals surface area contributed by atoms with Gasteiger partial charge in [0.2, 0.25) is 0 Å². The highest BCUT2D eigenvalue weighted by Crippen LogP contribution is 2.17. The molecule has 17 heavy (non-hydrogen) atoms. The van der Waals surface area contributed by atoms with Gasteiger partial charge in [0.15, 0.2) is 0 Å². The summed E-state index contributed by atoms with van der Waals surface area (Å²) in [4.78, 5) is 8.03. The molecule has 2 heterocycles. The first-order chi connectivity index (χ1) is 8.40. The van der Waals surface area contributed by atoms with Crippen molar-refractivity contribution in [1.82, 2.24) is 4.98 Å². The number of hydrogen-bond acceptors (Lipinski definition) is 4. The van der Waals surface area contributed by atoms with E-state index in [-0.39, 0.29) is 0 Å². The number of anilines is 1. The molecule has 0 atom stereocenters. The first-order valence-corrected chi connectivity index (χ1v) is 6.66. The van der Waals surface area contributed by atoms with Crippen molar-refractivity contribution in [2.75, 3.05) is 18.0 Å². The Kier molecular flexibility index (Phi) is 4.53. The molecule has 3 nitrogen and oxygen atoms in total. The van der Waals surface area contributed by atoms with Crippen molar-refractivity contribution < 1.29 is 0 Å². The van der Waals surface area contributed by atoms with E-state index in [9.17, 15) is 0 Å². The molecule has 0 aliphatic carbocycles. The normalized spacial score (nSPS) is 10.4. The van der Waals surface area contributed by atoms with Gasteiger partial charge in [-0.1, -0.05) is 12.1 Å². The second kappa shape index (κ2) is 6.37. The molecular formula is C13H17N3S. The van der Waals surface area contributed by atoms with E-state index in [1.54, 1.807) is 11.3 Å². The Bertz CT molecular complexity index is 413. The van der Waals surface area contributed by atoms with Crippen LogP contribution in [0.4, 0.5) is 5.82 Å². The SMILES string of the molecule is NCCCN(Cc1cccs1)c1ccccn1. The van der Waals surface area contributed by atoms with Crippen LogP contribution in [-0.4, -0.2) is 18.1 Å². The van der Waals surface area contributed by atoms with Gasteiger partial charge in [-0.15, -0.1) is 11.3 Å². The Morgan fingerprint density at radius 1 is 1.24 bits per heavy atom. The molecule has 0 aliphatic heterocycles. The van der Waals surface area contributed by atoms with Gasteiger partial charge in [0.1, 0.15) is 5.82 Å². The van der Waals surface area contributed by atoms with Gasteiger partial charge in [0.05, 0.1) is 6.54 Å². The predicted octanol–water partition coefficient (Wildman–Crippen LogP) is 2.50. The van der Waals surface area contributed by atoms with Crippen molar-refractivity contribution in [3.05, 3.63) is 46.8 Å². The van der Waals surface area contributed by atoms with Crippen molar-refractivity contribution in [3.63, 3.8) is 0 Å². The van der Waals surface area contributed by atoms with Gasteiger partial charge in [0.25, 0.3) is 0 Å². The standard InChI is InChI=1S/C13H17N3S/c14-7-4-9-16(11-12-5-3-10-17-12)13-6-1-2-8-15-13/h1-3,5-6,8,10H,4,7,9,11,14H2. The van der Waals surface area contributed by atoms with Crippen molar-refractivity contribution in [2.45, 2.75) is 13.0 Å². The van der Waals surface area contributed by atoms with Crippen LogP contribution in [0.3, 0.4) is 0 Å². The summed E-state index contributed by atoms with van der Waals surface area (Å²) < 4.78 is 0. The predicted molar refractivity (Wildman–Crippen MR) is 73.3 cm³/mol. The third-order valence-electron chi connectivity index (χ3n) is 2.53. The number of rotatable bonds is 6. The summed E-state index contributed by atoms with van der Waals surface area (Å²) in [6.45, 7) is 2.58. The molecule has 4 heteroatoms. The molecule has 0 spiro atoms. The van der Waals surface area contributed by atoms with Gasteiger partial charge in [-0.2, -0.15) is 0 Å². The lowest BCUT2D eigenvalue weighted by molar-refractivity contribution is 0.731. The molecule has 0 aromatic carbocycles. The summed E-state index contributed by atoms with van der Waals surface area (Å²) in [7, 11) is 0. The van der Waals surface area contributed by atoms with Crippen LogP contribution in [0.15, 0.2) is 41.9 Å². The molecule has 2 aromatic heterocycles. The summed E-state index contributed by atoms with van der Waals surface area (Å²) in [5.74, 6) is 1.02. The summed E-state index contributed by atoms with van der Waals surface area (Å²) in [6.07, 6.45) is 2.82. The molecule has 0 aliphatic rings. The van der Waals surface area contributed by atoms with Crippen LogP contribution in [0.1, 0.15) is 11.3 Å². The van der Waals surface area contributed by atoms with Gasteiger partial charge in [0, 0.05) is 17.6 Å². The maximum atomic E-state index is 5.58. The second-order valence-corrected chi connectivity index (χ2v) is 4.86. The Labute approximate surface area is 106 Å². The van der Waals surface area contributed by atoms with Gasteiger partial charge >= 0.3 is 0 Å². The van der Waals surface area contributed by atoms with Crippen LogP contribution >= 0.6 is 11.3 Å². The van der Waals surface area contributed by atoms with E-state index < -0.39 is 0 Å². The van der Waals surface area contributed by atoms with E-state index in [1.165, 1.54) is 4.88 Å². The quantitative estimate of drug-likeness (QED) is 0.852. The van der Waals surface area contributed by atoms with Crippen molar-refractivity contribution >= 4 is 17.2 Å². The van der Waals surface area contributed by atoms with E-state index in [4.69, 9.17) is 5.73 Å². The fraction of sp³-hybridized carbons (Fsp3) is 0.308. The lowest BCUT2D eigenvalue weighted by Crippen LogP contribution is -2.26. The monoisotopic (exact) mass is 247 g/mol. The fourth-order valence-electron chi connectivity index (χ4n) is 1.69. The van der Waals surface area contributed by atoms with Crippen molar-refractivity contribution in [3.8, 4) is 0 Å². The number of hydrogen-bond donors (Lipinski definition) is 1. The smallest absolute Gasteiger partial charge is 0.128 e. The zero-order valence-electron chi connectivity index (χ0n) is 9.75. The molecule has 0 saturated carbocycles. The number of nitrogens with two attached hydrogens (primary N) is 1. The van der Waals surface area contributed by atoms with Crippen LogP contribution < -0.4 is 10.6 Å². The lowest BCUT2D eigenvalue weighted by Gasteiger charge is -2.22. The Morgan fingerprint density at radius 2 is 2.18 bits per heavy atom. The minimum Gasteiger partial charge on any atom is -0.351 e. The maximum absolute atomic E-state index is 5.58. The molecule has 2 rings (SSSR count). The Balaban J connectivity index is 2.08. The zero-order chi connectivity index (χ0) is 11.9. The average Bonchev–Trinajstić information content (AvgIpc) is 2.88. The highest BCUT2D eigenvalue weighted by Gasteiger charge is 2.08. The van der Waals surface area contributed by atoms with Gasteiger partial charge < -0.3 is 10.6 Å². The average molecular weight is 247 g/mol. The zero-order valence-corrected chi connectivity index (χ0v) is 10.6. The lowest BCUT2D eigenvalue weighted by atomic mass is 10.3. The van der Waals surface area contributed by atoms with Crippen LogP contribution in [0.5, 0.6) is 0 Å². The summed E-state index contributed by atoms with van der Waals surface area (Å²) >= 11 is 1.78. The molecule has 2 aromatic rings. The highest BCUT2D eigenvalue weighted by molar-refractivity contribution is 7.09. The van der Waals surface area contributed by atoms with E-state index >= 15 is 0 Å². The maximum Gasteiger partial charge on any atom is 0.128 e. The Hall–Kier alpha value is -1.39. The molecule has 90 valence electrons. The molecule has 0 fully saturated rings. The van der Waals surface area contributed by atoms with Gasteiger partial charge in [-0.3, -0.25) is 0 Å². The molecular weight excluding hydrogens is 230 g/mol.